The molecule has 36 heavy (non-hydrogen) atoms. The first kappa shape index (κ1) is 23.5. The summed E-state index contributed by atoms with van der Waals surface area (Å²) in [5.74, 6) is 2.93. The third-order valence-corrected chi connectivity index (χ3v) is 8.69. The van der Waals surface area contributed by atoms with Crippen LogP contribution in [0.3, 0.4) is 0 Å². The first-order chi connectivity index (χ1) is 17.3. The standard InChI is InChI=1S/C29H37N5O2/c1-20-5-8-23(9-6-20)34-26(31-32-33-34)16-36-24-10-7-21(11-25(24)35-4)15-30-29-14-22-12-27(2,18-29)17-28(3,13-22)19-29/h5-11,22,30H,12-19H2,1-4H3/t22?,27-,28+,29?. The van der Waals surface area contributed by atoms with E-state index in [2.05, 4.69) is 53.7 Å². The number of nitrogens with zero attached hydrogens (tertiary/aromatic N) is 4. The molecule has 4 aliphatic rings. The topological polar surface area (TPSA) is 74.1 Å². The highest BCUT2D eigenvalue weighted by Gasteiger charge is 2.59. The van der Waals surface area contributed by atoms with Crippen LogP contribution >= 0.6 is 0 Å². The van der Waals surface area contributed by atoms with E-state index in [4.69, 9.17) is 9.47 Å². The first-order valence-corrected chi connectivity index (χ1v) is 13.2. The van der Waals surface area contributed by atoms with E-state index >= 15 is 0 Å². The summed E-state index contributed by atoms with van der Waals surface area (Å²) < 4.78 is 13.5. The van der Waals surface area contributed by atoms with Crippen LogP contribution in [-0.2, 0) is 13.2 Å². The second-order valence-corrected chi connectivity index (χ2v) is 12.4. The molecule has 190 valence electrons. The van der Waals surface area contributed by atoms with Crippen LogP contribution in [0.2, 0.25) is 0 Å². The number of rotatable bonds is 8. The fourth-order valence-corrected chi connectivity index (χ4v) is 8.20. The van der Waals surface area contributed by atoms with Crippen LogP contribution < -0.4 is 14.8 Å². The Labute approximate surface area is 213 Å². The fraction of sp³-hybridized carbons (Fsp3) is 0.552. The Morgan fingerprint density at radius 3 is 2.42 bits per heavy atom. The molecule has 1 aromatic heterocycles. The van der Waals surface area contributed by atoms with E-state index in [9.17, 15) is 0 Å². The number of aromatic nitrogens is 4. The van der Waals surface area contributed by atoms with Crippen molar-refractivity contribution in [1.82, 2.24) is 25.5 Å². The van der Waals surface area contributed by atoms with Gasteiger partial charge >= 0.3 is 0 Å². The van der Waals surface area contributed by atoms with E-state index in [0.717, 1.165) is 23.9 Å². The number of hydrogen-bond acceptors (Lipinski definition) is 6. The molecule has 0 saturated heterocycles. The Hall–Kier alpha value is -2.93. The summed E-state index contributed by atoms with van der Waals surface area (Å²) in [6, 6.07) is 14.3. The van der Waals surface area contributed by atoms with Crippen molar-refractivity contribution in [3.05, 3.63) is 59.4 Å². The Bertz CT molecular complexity index is 1230. The molecule has 2 unspecified atom stereocenters. The summed E-state index contributed by atoms with van der Waals surface area (Å²) in [7, 11) is 1.69. The minimum atomic E-state index is 0.247. The monoisotopic (exact) mass is 487 g/mol. The molecule has 0 aliphatic heterocycles. The number of ether oxygens (including phenoxy) is 2. The highest BCUT2D eigenvalue weighted by atomic mass is 16.5. The van der Waals surface area contributed by atoms with Crippen LogP contribution in [0, 0.1) is 23.7 Å². The van der Waals surface area contributed by atoms with Gasteiger partial charge in [-0.3, -0.25) is 0 Å². The molecule has 0 amide bonds. The van der Waals surface area contributed by atoms with Crippen molar-refractivity contribution in [3.63, 3.8) is 0 Å². The zero-order valence-electron chi connectivity index (χ0n) is 21.9. The number of tetrazole rings is 1. The zero-order chi connectivity index (χ0) is 25.0. The predicted molar refractivity (Wildman–Crippen MR) is 138 cm³/mol. The van der Waals surface area contributed by atoms with Crippen LogP contribution in [0.4, 0.5) is 0 Å². The number of methoxy groups -OCH3 is 1. The summed E-state index contributed by atoms with van der Waals surface area (Å²) >= 11 is 0. The van der Waals surface area contributed by atoms with Crippen molar-refractivity contribution >= 4 is 0 Å². The number of hydrogen-bond donors (Lipinski definition) is 1. The van der Waals surface area contributed by atoms with Gasteiger partial charge in [-0.15, -0.1) is 5.10 Å². The summed E-state index contributed by atoms with van der Waals surface area (Å²) in [4.78, 5) is 0. The van der Waals surface area contributed by atoms with Crippen molar-refractivity contribution in [2.24, 2.45) is 16.7 Å². The molecule has 7 nitrogen and oxygen atoms in total. The van der Waals surface area contributed by atoms with Gasteiger partial charge in [0.2, 0.25) is 0 Å². The molecule has 7 heteroatoms. The maximum absolute atomic E-state index is 6.11. The van der Waals surface area contributed by atoms with Gasteiger partial charge in [-0.1, -0.05) is 37.6 Å². The Morgan fingerprint density at radius 2 is 1.72 bits per heavy atom. The van der Waals surface area contributed by atoms with E-state index in [1.54, 1.807) is 11.8 Å². The number of aryl methyl sites for hydroxylation is 1. The van der Waals surface area contributed by atoms with Gasteiger partial charge in [0, 0.05) is 12.1 Å². The molecule has 4 saturated carbocycles. The third kappa shape index (κ3) is 4.38. The summed E-state index contributed by atoms with van der Waals surface area (Å²) in [6.45, 7) is 8.20. The van der Waals surface area contributed by atoms with Gasteiger partial charge in [0.15, 0.2) is 23.9 Å². The minimum absolute atomic E-state index is 0.247. The van der Waals surface area contributed by atoms with E-state index < -0.39 is 0 Å². The summed E-state index contributed by atoms with van der Waals surface area (Å²) in [6.07, 6.45) is 8.16. The molecule has 4 fully saturated rings. The zero-order valence-corrected chi connectivity index (χ0v) is 21.9. The second-order valence-electron chi connectivity index (χ2n) is 12.4. The van der Waals surface area contributed by atoms with Crippen molar-refractivity contribution in [2.45, 2.75) is 78.0 Å². The van der Waals surface area contributed by atoms with Gasteiger partial charge in [-0.2, -0.15) is 4.68 Å². The van der Waals surface area contributed by atoms with Gasteiger partial charge in [-0.25, -0.2) is 0 Å². The van der Waals surface area contributed by atoms with Gasteiger partial charge < -0.3 is 14.8 Å². The lowest BCUT2D eigenvalue weighted by Crippen LogP contribution is -2.63. The normalized spacial score (nSPS) is 30.5. The van der Waals surface area contributed by atoms with Gasteiger partial charge in [0.1, 0.15) is 0 Å². The molecule has 1 heterocycles. The lowest BCUT2D eigenvalue weighted by Gasteiger charge is -2.65. The van der Waals surface area contributed by atoms with Crippen molar-refractivity contribution in [1.29, 1.82) is 0 Å². The predicted octanol–water partition coefficient (Wildman–Crippen LogP) is 5.40. The molecule has 4 aliphatic carbocycles. The largest absolute Gasteiger partial charge is 0.493 e. The Morgan fingerprint density at radius 1 is 0.972 bits per heavy atom. The maximum atomic E-state index is 6.11. The maximum Gasteiger partial charge on any atom is 0.194 e. The van der Waals surface area contributed by atoms with Crippen LogP contribution in [0.25, 0.3) is 5.69 Å². The molecule has 3 aromatic rings. The van der Waals surface area contributed by atoms with Crippen LogP contribution in [0.5, 0.6) is 11.5 Å². The van der Waals surface area contributed by atoms with E-state index in [-0.39, 0.29) is 12.1 Å². The minimum Gasteiger partial charge on any atom is -0.493 e. The van der Waals surface area contributed by atoms with Crippen LogP contribution in [0.1, 0.15) is 69.3 Å². The molecular weight excluding hydrogens is 450 g/mol. The molecule has 1 N–H and O–H groups in total. The Balaban J connectivity index is 1.13. The van der Waals surface area contributed by atoms with E-state index in [1.807, 2.05) is 30.3 Å². The number of benzene rings is 2. The molecular formula is C29H37N5O2. The molecule has 0 spiro atoms. The van der Waals surface area contributed by atoms with E-state index in [1.165, 1.54) is 49.7 Å². The van der Waals surface area contributed by atoms with Crippen molar-refractivity contribution in [2.75, 3.05) is 7.11 Å². The van der Waals surface area contributed by atoms with Gasteiger partial charge in [0.25, 0.3) is 0 Å². The Kier molecular flexibility index (Phi) is 5.59. The van der Waals surface area contributed by atoms with Crippen LogP contribution in [0.15, 0.2) is 42.5 Å². The highest BCUT2D eigenvalue weighted by molar-refractivity contribution is 5.43. The molecule has 4 bridgehead atoms. The SMILES string of the molecule is COc1cc(CNC23CC4C[C@@](C)(C2)C[C@](C)(C4)C3)ccc1OCc1nnnn1-c1ccc(C)cc1. The first-order valence-electron chi connectivity index (χ1n) is 13.2. The molecule has 2 aromatic carbocycles. The van der Waals surface area contributed by atoms with Crippen molar-refractivity contribution < 1.29 is 9.47 Å². The third-order valence-electron chi connectivity index (χ3n) is 8.69. The molecule has 0 radical (unpaired) electrons. The number of nitrogens with one attached hydrogen (secondary N) is 1. The highest BCUT2D eigenvalue weighted by Crippen LogP contribution is 2.66. The summed E-state index contributed by atoms with van der Waals surface area (Å²) in [5, 5.41) is 16.2. The molecule has 4 atom stereocenters. The molecule has 7 rings (SSSR count). The average molecular weight is 488 g/mol. The van der Waals surface area contributed by atoms with Crippen molar-refractivity contribution in [3.8, 4) is 17.2 Å². The second kappa shape index (κ2) is 8.58. The lowest BCUT2D eigenvalue weighted by molar-refractivity contribution is -0.118. The van der Waals surface area contributed by atoms with Gasteiger partial charge in [-0.05, 0) is 102 Å². The van der Waals surface area contributed by atoms with Crippen LogP contribution in [-0.4, -0.2) is 32.9 Å². The summed E-state index contributed by atoms with van der Waals surface area (Å²) in [5.41, 5.74) is 4.60. The fourth-order valence-electron chi connectivity index (χ4n) is 8.20. The smallest absolute Gasteiger partial charge is 0.194 e. The average Bonchev–Trinajstić information content (AvgIpc) is 3.28. The van der Waals surface area contributed by atoms with Gasteiger partial charge in [0.05, 0.1) is 12.8 Å². The quantitative estimate of drug-likeness (QED) is 0.459. The van der Waals surface area contributed by atoms with E-state index in [0.29, 0.717) is 22.4 Å². The lowest BCUT2D eigenvalue weighted by atomic mass is 9.43.